The molecule has 0 aromatic heterocycles. The average Bonchev–Trinajstić information content (AvgIpc) is 3.08. The maximum atomic E-state index is 12.5. The van der Waals surface area contributed by atoms with Crippen LogP contribution in [0.2, 0.25) is 0 Å². The van der Waals surface area contributed by atoms with Gasteiger partial charge in [0.1, 0.15) is 5.75 Å². The summed E-state index contributed by atoms with van der Waals surface area (Å²) < 4.78 is 28.2. The van der Waals surface area contributed by atoms with Crippen LogP contribution < -0.4 is 20.1 Å². The van der Waals surface area contributed by atoms with Crippen LogP contribution in [0.4, 0.5) is 5.69 Å². The number of nitrogens with zero attached hydrogens (tertiary/aromatic N) is 1. The Morgan fingerprint density at radius 1 is 1.21 bits per heavy atom. The number of sulfonamides is 1. The summed E-state index contributed by atoms with van der Waals surface area (Å²) in [6, 6.07) is 13.2. The number of para-hydroxylation sites is 2. The second-order valence-electron chi connectivity index (χ2n) is 6.71. The molecule has 29 heavy (non-hydrogen) atoms. The number of ether oxygens (including phenoxy) is 1. The van der Waals surface area contributed by atoms with Crippen molar-refractivity contribution in [1.82, 2.24) is 5.32 Å². The van der Waals surface area contributed by atoms with Gasteiger partial charge in [-0.1, -0.05) is 24.3 Å². The van der Waals surface area contributed by atoms with Crippen molar-refractivity contribution in [3.05, 3.63) is 54.1 Å². The molecular formula is C20H23N3O5S. The van der Waals surface area contributed by atoms with Crippen LogP contribution >= 0.6 is 0 Å². The Balaban J connectivity index is 1.62. The van der Waals surface area contributed by atoms with E-state index in [1.54, 1.807) is 29.2 Å². The molecule has 1 saturated heterocycles. The first-order chi connectivity index (χ1) is 13.8. The summed E-state index contributed by atoms with van der Waals surface area (Å²) in [7, 11) is -3.75. The number of nitrogens with two attached hydrogens (primary N) is 1. The van der Waals surface area contributed by atoms with Gasteiger partial charge in [0.05, 0.1) is 23.1 Å². The molecule has 0 spiro atoms. The number of carbonyl (C=O) groups is 2. The molecule has 0 radical (unpaired) electrons. The maximum Gasteiger partial charge on any atom is 0.238 e. The molecular weight excluding hydrogens is 394 g/mol. The van der Waals surface area contributed by atoms with Crippen LogP contribution in [0, 0.1) is 5.92 Å². The van der Waals surface area contributed by atoms with Gasteiger partial charge in [-0.05, 0) is 36.8 Å². The van der Waals surface area contributed by atoms with Crippen molar-refractivity contribution in [3.8, 4) is 5.75 Å². The molecule has 2 aromatic carbocycles. The van der Waals surface area contributed by atoms with E-state index in [9.17, 15) is 18.0 Å². The third-order valence-electron chi connectivity index (χ3n) is 4.67. The lowest BCUT2D eigenvalue weighted by Crippen LogP contribution is -2.32. The highest BCUT2D eigenvalue weighted by Gasteiger charge is 2.36. The summed E-state index contributed by atoms with van der Waals surface area (Å²) in [5, 5.41) is 7.87. The minimum Gasteiger partial charge on any atom is -0.492 e. The molecule has 1 heterocycles. The van der Waals surface area contributed by atoms with Crippen LogP contribution in [0.25, 0.3) is 0 Å². The Labute approximate surface area is 169 Å². The summed E-state index contributed by atoms with van der Waals surface area (Å²) in [5.41, 5.74) is 1.39. The van der Waals surface area contributed by atoms with E-state index in [0.717, 1.165) is 5.56 Å². The van der Waals surface area contributed by atoms with Gasteiger partial charge in [0.2, 0.25) is 21.8 Å². The molecule has 9 heteroatoms. The predicted octanol–water partition coefficient (Wildman–Crippen LogP) is 1.40. The number of amides is 2. The molecule has 1 aliphatic rings. The van der Waals surface area contributed by atoms with E-state index in [1.807, 2.05) is 19.1 Å². The number of anilines is 1. The topological polar surface area (TPSA) is 119 Å². The highest BCUT2D eigenvalue weighted by molar-refractivity contribution is 7.89. The molecule has 3 N–H and O–H groups in total. The van der Waals surface area contributed by atoms with E-state index >= 15 is 0 Å². The van der Waals surface area contributed by atoms with Crippen molar-refractivity contribution in [2.24, 2.45) is 11.1 Å². The second-order valence-corrected chi connectivity index (χ2v) is 8.27. The Morgan fingerprint density at radius 3 is 2.55 bits per heavy atom. The largest absolute Gasteiger partial charge is 0.492 e. The zero-order valence-electron chi connectivity index (χ0n) is 16.0. The monoisotopic (exact) mass is 417 g/mol. The molecule has 2 amide bonds. The van der Waals surface area contributed by atoms with Crippen LogP contribution in [0.1, 0.15) is 18.9 Å². The summed E-state index contributed by atoms with van der Waals surface area (Å²) in [5.74, 6) is -0.222. The zero-order valence-corrected chi connectivity index (χ0v) is 16.8. The van der Waals surface area contributed by atoms with Crippen LogP contribution in [0.5, 0.6) is 5.75 Å². The van der Waals surface area contributed by atoms with Crippen LogP contribution in [0.15, 0.2) is 53.4 Å². The fourth-order valence-electron chi connectivity index (χ4n) is 3.20. The van der Waals surface area contributed by atoms with Gasteiger partial charge in [0.15, 0.2) is 0 Å². The Kier molecular flexibility index (Phi) is 6.19. The van der Waals surface area contributed by atoms with Crippen LogP contribution in [0.3, 0.4) is 0 Å². The van der Waals surface area contributed by atoms with E-state index < -0.39 is 15.9 Å². The van der Waals surface area contributed by atoms with Gasteiger partial charge in [-0.25, -0.2) is 13.6 Å². The summed E-state index contributed by atoms with van der Waals surface area (Å²) in [6.45, 7) is 2.85. The number of nitrogens with one attached hydrogen (secondary N) is 1. The second kappa shape index (κ2) is 8.62. The third kappa shape index (κ3) is 4.93. The molecule has 0 bridgehead atoms. The third-order valence-corrected chi connectivity index (χ3v) is 5.60. The summed E-state index contributed by atoms with van der Waals surface area (Å²) in [4.78, 5) is 26.6. The molecule has 0 saturated carbocycles. The highest BCUT2D eigenvalue weighted by Crippen LogP contribution is 2.33. The quantitative estimate of drug-likeness (QED) is 0.706. The number of hydrogen-bond acceptors (Lipinski definition) is 5. The van der Waals surface area contributed by atoms with Gasteiger partial charge in [-0.15, -0.1) is 0 Å². The predicted molar refractivity (Wildman–Crippen MR) is 108 cm³/mol. The number of benzene rings is 2. The summed E-state index contributed by atoms with van der Waals surface area (Å²) in [6.07, 6.45) is 0.122. The van der Waals surface area contributed by atoms with Crippen molar-refractivity contribution >= 4 is 27.5 Å². The highest BCUT2D eigenvalue weighted by atomic mass is 32.2. The van der Waals surface area contributed by atoms with E-state index in [1.165, 1.54) is 12.1 Å². The Bertz CT molecular complexity index is 1010. The van der Waals surface area contributed by atoms with E-state index in [2.05, 4.69) is 5.32 Å². The first-order valence-corrected chi connectivity index (χ1v) is 10.8. The molecule has 0 aliphatic carbocycles. The standard InChI is InChI=1S/C20H23N3O5S/c1-2-28-18-6-4-3-5-17(18)23-13-15(11-19(23)24)20(25)22-12-14-7-9-16(10-8-14)29(21,26)27/h3-10,15H,2,11-13H2,1H3,(H,22,25)(H2,21,26,27)/t15-/m0/s1. The lowest BCUT2D eigenvalue weighted by Gasteiger charge is -2.20. The number of carbonyl (C=O) groups excluding carboxylic acids is 2. The zero-order chi connectivity index (χ0) is 21.0. The lowest BCUT2D eigenvalue weighted by atomic mass is 10.1. The smallest absolute Gasteiger partial charge is 0.238 e. The molecule has 2 aromatic rings. The number of rotatable bonds is 7. The first kappa shape index (κ1) is 20.8. The molecule has 1 atom stereocenters. The minimum atomic E-state index is -3.75. The minimum absolute atomic E-state index is 0.0116. The summed E-state index contributed by atoms with van der Waals surface area (Å²) >= 11 is 0. The lowest BCUT2D eigenvalue weighted by molar-refractivity contribution is -0.126. The SMILES string of the molecule is CCOc1ccccc1N1C[C@@H](C(=O)NCc2ccc(S(N)(=O)=O)cc2)CC1=O. The molecule has 1 fully saturated rings. The van der Waals surface area contributed by atoms with Gasteiger partial charge in [0, 0.05) is 19.5 Å². The first-order valence-electron chi connectivity index (χ1n) is 9.21. The van der Waals surface area contributed by atoms with Gasteiger partial charge in [0.25, 0.3) is 0 Å². The maximum absolute atomic E-state index is 12.5. The molecule has 1 aliphatic heterocycles. The Morgan fingerprint density at radius 2 is 1.90 bits per heavy atom. The average molecular weight is 417 g/mol. The molecule has 3 rings (SSSR count). The molecule has 0 unspecified atom stereocenters. The van der Waals surface area contributed by atoms with Gasteiger partial charge in [-0.3, -0.25) is 9.59 Å². The van der Waals surface area contributed by atoms with Crippen LogP contribution in [-0.4, -0.2) is 33.4 Å². The molecule has 8 nitrogen and oxygen atoms in total. The van der Waals surface area contributed by atoms with E-state index in [-0.39, 0.29) is 36.2 Å². The van der Waals surface area contributed by atoms with Crippen molar-refractivity contribution < 1.29 is 22.7 Å². The Hall–Kier alpha value is -2.91. The van der Waals surface area contributed by atoms with Gasteiger partial charge < -0.3 is 15.0 Å². The number of hydrogen-bond donors (Lipinski definition) is 2. The van der Waals surface area contributed by atoms with Gasteiger partial charge >= 0.3 is 0 Å². The van der Waals surface area contributed by atoms with E-state index in [4.69, 9.17) is 9.88 Å². The van der Waals surface area contributed by atoms with Gasteiger partial charge in [-0.2, -0.15) is 0 Å². The van der Waals surface area contributed by atoms with E-state index in [0.29, 0.717) is 18.0 Å². The van der Waals surface area contributed by atoms with Crippen molar-refractivity contribution in [2.75, 3.05) is 18.1 Å². The fraction of sp³-hybridized carbons (Fsp3) is 0.300. The normalized spacial score (nSPS) is 16.7. The van der Waals surface area contributed by atoms with Crippen molar-refractivity contribution in [3.63, 3.8) is 0 Å². The van der Waals surface area contributed by atoms with Crippen molar-refractivity contribution in [2.45, 2.75) is 24.8 Å². The fourth-order valence-corrected chi connectivity index (χ4v) is 3.72. The van der Waals surface area contributed by atoms with Crippen LogP contribution in [-0.2, 0) is 26.2 Å². The number of primary sulfonamides is 1. The van der Waals surface area contributed by atoms with Crippen molar-refractivity contribution in [1.29, 1.82) is 0 Å². The molecule has 154 valence electrons.